The molecule has 0 atom stereocenters. The van der Waals surface area contributed by atoms with Crippen LogP contribution in [0.25, 0.3) is 10.9 Å². The molecule has 0 aliphatic rings. The monoisotopic (exact) mass is 329 g/mol. The van der Waals surface area contributed by atoms with Gasteiger partial charge in [-0.15, -0.1) is 0 Å². The Morgan fingerprint density at radius 3 is 2.65 bits per heavy atom. The molecule has 0 aliphatic carbocycles. The van der Waals surface area contributed by atoms with Gasteiger partial charge in [-0.2, -0.15) is 0 Å². The van der Waals surface area contributed by atoms with Crippen LogP contribution in [0.15, 0.2) is 53.6 Å². The SMILES string of the molecule is Cc1cc(SCC(=O)c2ccc(F)c(F)c2)nc2ccccc12. The van der Waals surface area contributed by atoms with E-state index >= 15 is 0 Å². The number of fused-ring (bicyclic) bond motifs is 1. The molecule has 0 radical (unpaired) electrons. The zero-order chi connectivity index (χ0) is 16.4. The number of Topliss-reactive ketones (excluding diaryl/α,β-unsaturated/α-hetero) is 1. The quantitative estimate of drug-likeness (QED) is 0.509. The molecule has 0 spiro atoms. The number of thioether (sulfide) groups is 1. The number of carbonyl (C=O) groups is 1. The molecule has 1 aromatic heterocycles. The molecular formula is C18H13F2NOS. The number of aromatic nitrogens is 1. The van der Waals surface area contributed by atoms with Crippen LogP contribution in [-0.2, 0) is 0 Å². The van der Waals surface area contributed by atoms with Gasteiger partial charge >= 0.3 is 0 Å². The lowest BCUT2D eigenvalue weighted by molar-refractivity contribution is 0.102. The average molecular weight is 329 g/mol. The number of benzene rings is 2. The summed E-state index contributed by atoms with van der Waals surface area (Å²) in [5.74, 6) is -2.11. The second kappa shape index (κ2) is 6.46. The highest BCUT2D eigenvalue weighted by Crippen LogP contribution is 2.24. The largest absolute Gasteiger partial charge is 0.293 e. The van der Waals surface area contributed by atoms with Crippen molar-refractivity contribution in [3.63, 3.8) is 0 Å². The van der Waals surface area contributed by atoms with Gasteiger partial charge in [0.05, 0.1) is 16.3 Å². The van der Waals surface area contributed by atoms with Crippen LogP contribution in [0.5, 0.6) is 0 Å². The molecule has 0 N–H and O–H groups in total. The van der Waals surface area contributed by atoms with Gasteiger partial charge in [-0.05, 0) is 42.8 Å². The van der Waals surface area contributed by atoms with Crippen molar-refractivity contribution >= 4 is 28.4 Å². The van der Waals surface area contributed by atoms with Crippen molar-refractivity contribution in [2.24, 2.45) is 0 Å². The fourth-order valence-electron chi connectivity index (χ4n) is 2.28. The first-order valence-electron chi connectivity index (χ1n) is 7.02. The van der Waals surface area contributed by atoms with Crippen molar-refractivity contribution in [2.45, 2.75) is 11.9 Å². The molecule has 0 fully saturated rings. The maximum absolute atomic E-state index is 13.2. The first-order valence-corrected chi connectivity index (χ1v) is 8.00. The van der Waals surface area contributed by atoms with E-state index < -0.39 is 11.6 Å². The lowest BCUT2D eigenvalue weighted by Gasteiger charge is -2.06. The number of rotatable bonds is 4. The summed E-state index contributed by atoms with van der Waals surface area (Å²) >= 11 is 1.29. The van der Waals surface area contributed by atoms with Crippen LogP contribution in [0, 0.1) is 18.6 Å². The zero-order valence-electron chi connectivity index (χ0n) is 12.3. The van der Waals surface area contributed by atoms with Crippen molar-refractivity contribution in [3.8, 4) is 0 Å². The van der Waals surface area contributed by atoms with Crippen LogP contribution in [0.1, 0.15) is 15.9 Å². The second-order valence-corrected chi connectivity index (χ2v) is 6.13. The molecule has 0 saturated carbocycles. The van der Waals surface area contributed by atoms with Gasteiger partial charge in [-0.25, -0.2) is 13.8 Å². The molecular weight excluding hydrogens is 316 g/mol. The Kier molecular flexibility index (Phi) is 4.39. The molecule has 116 valence electrons. The topological polar surface area (TPSA) is 30.0 Å². The smallest absolute Gasteiger partial charge is 0.173 e. The number of halogens is 2. The van der Waals surface area contributed by atoms with E-state index in [0.717, 1.165) is 33.6 Å². The van der Waals surface area contributed by atoms with Crippen LogP contribution in [-0.4, -0.2) is 16.5 Å². The fourth-order valence-corrected chi connectivity index (χ4v) is 3.15. The summed E-state index contributed by atoms with van der Waals surface area (Å²) in [6.07, 6.45) is 0. The predicted molar refractivity (Wildman–Crippen MR) is 87.9 cm³/mol. The number of nitrogens with zero attached hydrogens (tertiary/aromatic N) is 1. The molecule has 0 amide bonds. The van der Waals surface area contributed by atoms with Gasteiger partial charge in [0.1, 0.15) is 0 Å². The number of para-hydroxylation sites is 1. The maximum atomic E-state index is 13.2. The van der Waals surface area contributed by atoms with E-state index in [-0.39, 0.29) is 17.1 Å². The summed E-state index contributed by atoms with van der Waals surface area (Å²) in [4.78, 5) is 16.6. The first-order chi connectivity index (χ1) is 11.0. The van der Waals surface area contributed by atoms with E-state index in [1.807, 2.05) is 37.3 Å². The summed E-state index contributed by atoms with van der Waals surface area (Å²) in [6, 6.07) is 12.9. The van der Waals surface area contributed by atoms with Crippen LogP contribution in [0.2, 0.25) is 0 Å². The molecule has 2 nitrogen and oxygen atoms in total. The number of hydrogen-bond acceptors (Lipinski definition) is 3. The Labute approximate surface area is 136 Å². The van der Waals surface area contributed by atoms with Crippen LogP contribution >= 0.6 is 11.8 Å². The van der Waals surface area contributed by atoms with Gasteiger partial charge in [0.25, 0.3) is 0 Å². The summed E-state index contributed by atoms with van der Waals surface area (Å²) in [7, 11) is 0. The van der Waals surface area contributed by atoms with Gasteiger partial charge in [0.2, 0.25) is 0 Å². The third-order valence-corrected chi connectivity index (χ3v) is 4.40. The molecule has 0 aliphatic heterocycles. The van der Waals surface area contributed by atoms with E-state index in [1.165, 1.54) is 17.8 Å². The third kappa shape index (κ3) is 3.40. The Bertz CT molecular complexity index is 895. The molecule has 0 bridgehead atoms. The van der Waals surface area contributed by atoms with E-state index in [2.05, 4.69) is 4.98 Å². The van der Waals surface area contributed by atoms with Gasteiger partial charge in [0.15, 0.2) is 17.4 Å². The minimum Gasteiger partial charge on any atom is -0.293 e. The second-order valence-electron chi connectivity index (χ2n) is 5.14. The van der Waals surface area contributed by atoms with Gasteiger partial charge in [-0.3, -0.25) is 4.79 Å². The van der Waals surface area contributed by atoms with Gasteiger partial charge < -0.3 is 0 Å². The molecule has 1 heterocycles. The molecule has 3 rings (SSSR count). The van der Waals surface area contributed by atoms with E-state index in [4.69, 9.17) is 0 Å². The average Bonchev–Trinajstić information content (AvgIpc) is 2.55. The Morgan fingerprint density at radius 1 is 1.09 bits per heavy atom. The molecule has 5 heteroatoms. The number of aryl methyl sites for hydroxylation is 1. The molecule has 0 saturated heterocycles. The van der Waals surface area contributed by atoms with Crippen LogP contribution in [0.3, 0.4) is 0 Å². The lowest BCUT2D eigenvalue weighted by Crippen LogP contribution is -2.04. The predicted octanol–water partition coefficient (Wildman–Crippen LogP) is 4.80. The minimum absolute atomic E-state index is 0.121. The first kappa shape index (κ1) is 15.6. The Morgan fingerprint density at radius 2 is 1.87 bits per heavy atom. The summed E-state index contributed by atoms with van der Waals surface area (Å²) < 4.78 is 26.1. The van der Waals surface area contributed by atoms with Gasteiger partial charge in [-0.1, -0.05) is 30.0 Å². The Balaban J connectivity index is 1.77. The van der Waals surface area contributed by atoms with Crippen molar-refractivity contribution in [2.75, 3.05) is 5.75 Å². The third-order valence-electron chi connectivity index (χ3n) is 3.49. The minimum atomic E-state index is -1.01. The maximum Gasteiger partial charge on any atom is 0.173 e. The number of ketones is 1. The van der Waals surface area contributed by atoms with Crippen molar-refractivity contribution in [3.05, 3.63) is 71.3 Å². The van der Waals surface area contributed by atoms with Crippen LogP contribution in [0.4, 0.5) is 8.78 Å². The normalized spacial score (nSPS) is 10.9. The summed E-state index contributed by atoms with van der Waals surface area (Å²) in [5.41, 5.74) is 2.11. The number of carbonyl (C=O) groups excluding carboxylic acids is 1. The zero-order valence-corrected chi connectivity index (χ0v) is 13.2. The van der Waals surface area contributed by atoms with E-state index in [9.17, 15) is 13.6 Å². The van der Waals surface area contributed by atoms with E-state index in [0.29, 0.717) is 0 Å². The highest BCUT2D eigenvalue weighted by atomic mass is 32.2. The van der Waals surface area contributed by atoms with E-state index in [1.54, 1.807) is 0 Å². The van der Waals surface area contributed by atoms with Crippen molar-refractivity contribution < 1.29 is 13.6 Å². The molecule has 2 aromatic carbocycles. The number of hydrogen-bond donors (Lipinski definition) is 0. The lowest BCUT2D eigenvalue weighted by atomic mass is 10.1. The van der Waals surface area contributed by atoms with Crippen LogP contribution < -0.4 is 0 Å². The highest BCUT2D eigenvalue weighted by molar-refractivity contribution is 7.99. The Hall–Kier alpha value is -2.27. The standard InChI is InChI=1S/C18H13F2NOS/c1-11-8-18(21-16-5-3-2-4-13(11)16)23-10-17(22)12-6-7-14(19)15(20)9-12/h2-9H,10H2,1H3. The molecule has 23 heavy (non-hydrogen) atoms. The fraction of sp³-hybridized carbons (Fsp3) is 0.111. The summed E-state index contributed by atoms with van der Waals surface area (Å²) in [6.45, 7) is 1.99. The summed E-state index contributed by atoms with van der Waals surface area (Å²) in [5, 5.41) is 1.81. The van der Waals surface area contributed by atoms with Crippen molar-refractivity contribution in [1.82, 2.24) is 4.98 Å². The number of pyridine rings is 1. The van der Waals surface area contributed by atoms with Gasteiger partial charge in [0, 0.05) is 10.9 Å². The molecule has 0 unspecified atom stereocenters. The highest BCUT2D eigenvalue weighted by Gasteiger charge is 2.11. The molecule has 3 aromatic rings. The van der Waals surface area contributed by atoms with Crippen molar-refractivity contribution in [1.29, 1.82) is 0 Å².